The second kappa shape index (κ2) is 7.61. The number of rotatable bonds is 5. The molecule has 8 nitrogen and oxygen atoms in total. The summed E-state index contributed by atoms with van der Waals surface area (Å²) in [5.74, 6) is -0.461. The van der Waals surface area contributed by atoms with E-state index in [2.05, 4.69) is 10.6 Å². The first-order valence-electron chi connectivity index (χ1n) is 9.68. The zero-order chi connectivity index (χ0) is 19.7. The molecule has 1 unspecified atom stereocenters. The van der Waals surface area contributed by atoms with Gasteiger partial charge < -0.3 is 15.0 Å². The van der Waals surface area contributed by atoms with Crippen molar-refractivity contribution in [1.29, 1.82) is 0 Å². The number of carbonyl (C=O) groups is 4. The quantitative estimate of drug-likeness (QED) is 0.747. The number of imide groups is 1. The molecule has 4 rings (SSSR count). The molecule has 2 N–H and O–H groups in total. The number of hydrogen-bond acceptors (Lipinski definition) is 5. The zero-order valence-corrected chi connectivity index (χ0v) is 15.5. The molecule has 0 aromatic heterocycles. The average molecular weight is 385 g/mol. The van der Waals surface area contributed by atoms with Gasteiger partial charge in [0.25, 0.3) is 5.91 Å². The summed E-state index contributed by atoms with van der Waals surface area (Å²) in [6.45, 7) is 1.06. The van der Waals surface area contributed by atoms with Crippen LogP contribution in [0.3, 0.4) is 0 Å². The van der Waals surface area contributed by atoms with Gasteiger partial charge in [-0.05, 0) is 42.4 Å². The molecule has 1 saturated carbocycles. The highest BCUT2D eigenvalue weighted by Gasteiger charge is 2.39. The Balaban J connectivity index is 1.35. The molecule has 2 aliphatic heterocycles. The Morgan fingerprint density at radius 1 is 1.21 bits per heavy atom. The van der Waals surface area contributed by atoms with Crippen LogP contribution in [0.5, 0.6) is 0 Å². The monoisotopic (exact) mass is 385 g/mol. The Bertz CT molecular complexity index is 833. The fourth-order valence-corrected chi connectivity index (χ4v) is 3.79. The molecule has 148 valence electrons. The highest BCUT2D eigenvalue weighted by atomic mass is 16.5. The maximum Gasteiger partial charge on any atom is 0.407 e. The van der Waals surface area contributed by atoms with E-state index >= 15 is 0 Å². The number of amides is 4. The van der Waals surface area contributed by atoms with Crippen molar-refractivity contribution in [3.05, 3.63) is 34.9 Å². The van der Waals surface area contributed by atoms with E-state index in [1.54, 1.807) is 6.07 Å². The maximum absolute atomic E-state index is 12.8. The minimum atomic E-state index is -0.624. The molecule has 4 amide bonds. The molecule has 0 spiro atoms. The van der Waals surface area contributed by atoms with Gasteiger partial charge in [0.15, 0.2) is 0 Å². The van der Waals surface area contributed by atoms with Crippen LogP contribution in [0.2, 0.25) is 0 Å². The van der Waals surface area contributed by atoms with Crippen LogP contribution < -0.4 is 10.6 Å². The summed E-state index contributed by atoms with van der Waals surface area (Å²) in [6.07, 6.45) is 3.55. The van der Waals surface area contributed by atoms with Crippen molar-refractivity contribution < 1.29 is 23.9 Å². The normalized spacial score (nSPS) is 21.8. The van der Waals surface area contributed by atoms with Crippen molar-refractivity contribution in [2.24, 2.45) is 5.92 Å². The summed E-state index contributed by atoms with van der Waals surface area (Å²) < 4.78 is 5.20. The number of nitrogens with zero attached hydrogens (tertiary/aromatic N) is 1. The summed E-state index contributed by atoms with van der Waals surface area (Å²) in [4.78, 5) is 49.5. The zero-order valence-electron chi connectivity index (χ0n) is 15.5. The van der Waals surface area contributed by atoms with E-state index in [9.17, 15) is 19.2 Å². The molecule has 0 radical (unpaired) electrons. The molecule has 1 aromatic carbocycles. The van der Waals surface area contributed by atoms with Crippen molar-refractivity contribution in [1.82, 2.24) is 15.5 Å². The smallest absolute Gasteiger partial charge is 0.407 e. The van der Waals surface area contributed by atoms with Gasteiger partial charge in [-0.25, -0.2) is 4.79 Å². The molecule has 28 heavy (non-hydrogen) atoms. The van der Waals surface area contributed by atoms with Crippen LogP contribution >= 0.6 is 0 Å². The lowest BCUT2D eigenvalue weighted by molar-refractivity contribution is -0.136. The van der Waals surface area contributed by atoms with Crippen molar-refractivity contribution in [3.63, 3.8) is 0 Å². The van der Waals surface area contributed by atoms with E-state index in [-0.39, 0.29) is 24.8 Å². The number of ether oxygens (including phenoxy) is 1. The second-order valence-corrected chi connectivity index (χ2v) is 7.64. The minimum absolute atomic E-state index is 0.223. The first-order valence-corrected chi connectivity index (χ1v) is 9.68. The topological polar surface area (TPSA) is 105 Å². The van der Waals surface area contributed by atoms with Gasteiger partial charge in [-0.2, -0.15) is 0 Å². The minimum Gasteiger partial charge on any atom is -0.449 e. The number of nitrogens with one attached hydrogen (secondary N) is 2. The third-order valence-corrected chi connectivity index (χ3v) is 5.70. The molecular formula is C20H23N3O5. The number of piperidine rings is 1. The van der Waals surface area contributed by atoms with Crippen LogP contribution in [0, 0.1) is 5.92 Å². The first-order chi connectivity index (χ1) is 13.5. The van der Waals surface area contributed by atoms with Gasteiger partial charge in [0.1, 0.15) is 6.04 Å². The SMILES string of the molecule is O=C1CCC(N2Cc3ccc(CNC(=O)OCC4CCC4)cc3C2=O)C(=O)N1. The third kappa shape index (κ3) is 3.72. The fraction of sp³-hybridized carbons (Fsp3) is 0.500. The van der Waals surface area contributed by atoms with E-state index in [1.807, 2.05) is 12.1 Å². The predicted octanol–water partition coefficient (Wildman–Crippen LogP) is 1.47. The summed E-state index contributed by atoms with van der Waals surface area (Å²) in [6, 6.07) is 4.82. The van der Waals surface area contributed by atoms with Crippen molar-refractivity contribution in [2.45, 2.75) is 51.2 Å². The van der Waals surface area contributed by atoms with Crippen molar-refractivity contribution >= 4 is 23.8 Å². The molecular weight excluding hydrogens is 362 g/mol. The van der Waals surface area contributed by atoms with Gasteiger partial charge in [-0.3, -0.25) is 19.7 Å². The molecule has 2 fully saturated rings. The van der Waals surface area contributed by atoms with E-state index < -0.39 is 18.0 Å². The Morgan fingerprint density at radius 2 is 2.04 bits per heavy atom. The van der Waals surface area contributed by atoms with Gasteiger partial charge in [0.2, 0.25) is 11.8 Å². The van der Waals surface area contributed by atoms with Gasteiger partial charge in [0, 0.05) is 25.1 Å². The van der Waals surface area contributed by atoms with Gasteiger partial charge in [-0.1, -0.05) is 18.6 Å². The largest absolute Gasteiger partial charge is 0.449 e. The Morgan fingerprint density at radius 3 is 2.75 bits per heavy atom. The van der Waals surface area contributed by atoms with Gasteiger partial charge in [0.05, 0.1) is 6.61 Å². The van der Waals surface area contributed by atoms with Crippen molar-refractivity contribution in [2.75, 3.05) is 6.61 Å². The molecule has 0 bridgehead atoms. The molecule has 1 aliphatic carbocycles. The number of fused-ring (bicyclic) bond motifs is 1. The Labute approximate surface area is 162 Å². The first kappa shape index (κ1) is 18.5. The van der Waals surface area contributed by atoms with E-state index in [0.717, 1.165) is 24.0 Å². The second-order valence-electron chi connectivity index (χ2n) is 7.64. The summed E-state index contributed by atoms with van der Waals surface area (Å²) in [5, 5.41) is 5.00. The van der Waals surface area contributed by atoms with Crippen LogP contribution in [-0.4, -0.2) is 41.4 Å². The number of carbonyl (C=O) groups excluding carboxylic acids is 4. The fourth-order valence-electron chi connectivity index (χ4n) is 3.79. The molecule has 2 heterocycles. The summed E-state index contributed by atoms with van der Waals surface area (Å²) in [7, 11) is 0. The lowest BCUT2D eigenvalue weighted by Gasteiger charge is -2.29. The van der Waals surface area contributed by atoms with E-state index in [1.165, 1.54) is 11.3 Å². The van der Waals surface area contributed by atoms with Crippen LogP contribution in [-0.2, 0) is 27.4 Å². The number of hydrogen-bond donors (Lipinski definition) is 2. The van der Waals surface area contributed by atoms with Crippen LogP contribution in [0.4, 0.5) is 4.79 Å². The van der Waals surface area contributed by atoms with E-state index in [4.69, 9.17) is 4.74 Å². The molecule has 1 atom stereocenters. The molecule has 3 aliphatic rings. The average Bonchev–Trinajstić information content (AvgIpc) is 2.95. The predicted molar refractivity (Wildman–Crippen MR) is 98.0 cm³/mol. The molecule has 1 saturated heterocycles. The highest BCUT2D eigenvalue weighted by molar-refractivity contribution is 6.05. The summed E-state index contributed by atoms with van der Waals surface area (Å²) >= 11 is 0. The molecule has 1 aromatic rings. The Hall–Kier alpha value is -2.90. The molecule has 8 heteroatoms. The number of benzene rings is 1. The standard InChI is InChI=1S/C20H23N3O5/c24-17-7-6-16(18(25)22-17)23-10-14-5-4-13(8-15(14)19(23)26)9-21-20(27)28-11-12-2-1-3-12/h4-5,8,12,16H,1-3,6-7,9-11H2,(H,21,27)(H,22,24,25). The highest BCUT2D eigenvalue weighted by Crippen LogP contribution is 2.28. The van der Waals surface area contributed by atoms with E-state index in [0.29, 0.717) is 31.1 Å². The van der Waals surface area contributed by atoms with Crippen molar-refractivity contribution in [3.8, 4) is 0 Å². The third-order valence-electron chi connectivity index (χ3n) is 5.70. The lowest BCUT2D eigenvalue weighted by Crippen LogP contribution is -2.52. The number of alkyl carbamates (subject to hydrolysis) is 1. The van der Waals surface area contributed by atoms with Crippen LogP contribution in [0.1, 0.15) is 53.6 Å². The van der Waals surface area contributed by atoms with Gasteiger partial charge >= 0.3 is 6.09 Å². The van der Waals surface area contributed by atoms with Crippen LogP contribution in [0.25, 0.3) is 0 Å². The van der Waals surface area contributed by atoms with Gasteiger partial charge in [-0.15, -0.1) is 0 Å². The Kier molecular flexibility index (Phi) is 5.02. The maximum atomic E-state index is 12.8. The van der Waals surface area contributed by atoms with Crippen LogP contribution in [0.15, 0.2) is 18.2 Å². The summed E-state index contributed by atoms with van der Waals surface area (Å²) in [5.41, 5.74) is 2.16. The lowest BCUT2D eigenvalue weighted by atomic mass is 9.86.